The van der Waals surface area contributed by atoms with Gasteiger partial charge < -0.3 is 5.32 Å². The van der Waals surface area contributed by atoms with E-state index in [0.29, 0.717) is 6.04 Å². The van der Waals surface area contributed by atoms with Gasteiger partial charge in [0.1, 0.15) is 0 Å². The molecule has 2 rings (SSSR count). The molecule has 1 fully saturated rings. The van der Waals surface area contributed by atoms with Gasteiger partial charge in [0.05, 0.1) is 6.20 Å². The zero-order chi connectivity index (χ0) is 11.5. The molecule has 3 heteroatoms. The molecule has 0 amide bonds. The highest BCUT2D eigenvalue weighted by atomic mass is 15.2. The van der Waals surface area contributed by atoms with Crippen molar-refractivity contribution in [2.45, 2.75) is 38.6 Å². The van der Waals surface area contributed by atoms with E-state index in [4.69, 9.17) is 0 Å². The molecule has 0 bridgehead atoms. The third kappa shape index (κ3) is 2.46. The summed E-state index contributed by atoms with van der Waals surface area (Å²) in [5, 5.41) is 7.74. The highest BCUT2D eigenvalue weighted by Crippen LogP contribution is 2.36. The zero-order valence-electron chi connectivity index (χ0n) is 10.6. The van der Waals surface area contributed by atoms with Crippen molar-refractivity contribution in [1.82, 2.24) is 15.1 Å². The van der Waals surface area contributed by atoms with E-state index in [1.165, 1.54) is 31.2 Å². The van der Waals surface area contributed by atoms with Gasteiger partial charge in [-0.2, -0.15) is 5.10 Å². The summed E-state index contributed by atoms with van der Waals surface area (Å²) >= 11 is 0. The minimum absolute atomic E-state index is 0.483. The first-order valence-electron chi connectivity index (χ1n) is 6.36. The number of nitrogens with one attached hydrogen (secondary N) is 1. The van der Waals surface area contributed by atoms with Gasteiger partial charge in [-0.15, -0.1) is 0 Å². The maximum Gasteiger partial charge on any atom is 0.0537 e. The van der Waals surface area contributed by atoms with Crippen molar-refractivity contribution in [3.8, 4) is 0 Å². The van der Waals surface area contributed by atoms with E-state index in [-0.39, 0.29) is 0 Å². The maximum atomic E-state index is 4.28. The molecule has 0 saturated heterocycles. The van der Waals surface area contributed by atoms with E-state index in [0.717, 1.165) is 11.8 Å². The first kappa shape index (κ1) is 11.6. The fourth-order valence-electron chi connectivity index (χ4n) is 3.06. The molecule has 3 unspecified atom stereocenters. The van der Waals surface area contributed by atoms with Crippen LogP contribution < -0.4 is 5.32 Å². The fourth-order valence-corrected chi connectivity index (χ4v) is 3.06. The lowest BCUT2D eigenvalue weighted by atomic mass is 9.77. The smallest absolute Gasteiger partial charge is 0.0537 e. The SMILES string of the molecule is CNC(c1cnn(C)c1)C1CCCC(C)C1. The Morgan fingerprint density at radius 2 is 2.31 bits per heavy atom. The van der Waals surface area contributed by atoms with Gasteiger partial charge >= 0.3 is 0 Å². The molecule has 1 aromatic rings. The Hall–Kier alpha value is -0.830. The van der Waals surface area contributed by atoms with Crippen LogP contribution in [0, 0.1) is 11.8 Å². The average molecular weight is 221 g/mol. The standard InChI is InChI=1S/C13H23N3/c1-10-5-4-6-11(7-10)13(14-2)12-8-15-16(3)9-12/h8-11,13-14H,4-7H2,1-3H3. The summed E-state index contributed by atoms with van der Waals surface area (Å²) in [4.78, 5) is 0. The van der Waals surface area contributed by atoms with Crippen LogP contribution >= 0.6 is 0 Å². The van der Waals surface area contributed by atoms with Crippen molar-refractivity contribution in [2.75, 3.05) is 7.05 Å². The summed E-state index contributed by atoms with van der Waals surface area (Å²) in [6.07, 6.45) is 9.62. The predicted octanol–water partition coefficient (Wildman–Crippen LogP) is 2.51. The van der Waals surface area contributed by atoms with Gasteiger partial charge in [-0.3, -0.25) is 4.68 Å². The van der Waals surface area contributed by atoms with Crippen LogP contribution in [0.3, 0.4) is 0 Å². The zero-order valence-corrected chi connectivity index (χ0v) is 10.6. The Bertz CT molecular complexity index is 332. The summed E-state index contributed by atoms with van der Waals surface area (Å²) in [5.41, 5.74) is 1.34. The average Bonchev–Trinajstić information content (AvgIpc) is 2.66. The van der Waals surface area contributed by atoms with Crippen LogP contribution in [0.5, 0.6) is 0 Å². The fraction of sp³-hybridized carbons (Fsp3) is 0.769. The monoisotopic (exact) mass is 221 g/mol. The Labute approximate surface area is 98.2 Å². The molecule has 1 N–H and O–H groups in total. The van der Waals surface area contributed by atoms with Crippen molar-refractivity contribution >= 4 is 0 Å². The van der Waals surface area contributed by atoms with E-state index in [1.807, 2.05) is 17.9 Å². The molecule has 3 atom stereocenters. The molecular formula is C13H23N3. The van der Waals surface area contributed by atoms with Crippen molar-refractivity contribution in [2.24, 2.45) is 18.9 Å². The molecule has 1 heterocycles. The molecule has 16 heavy (non-hydrogen) atoms. The number of aromatic nitrogens is 2. The van der Waals surface area contributed by atoms with Gasteiger partial charge in [0.15, 0.2) is 0 Å². The van der Waals surface area contributed by atoms with Crippen LogP contribution in [-0.2, 0) is 7.05 Å². The normalized spacial score (nSPS) is 27.9. The lowest BCUT2D eigenvalue weighted by molar-refractivity contribution is 0.230. The number of aryl methyl sites for hydroxylation is 1. The molecule has 0 aromatic carbocycles. The lowest BCUT2D eigenvalue weighted by Gasteiger charge is -2.32. The number of hydrogen-bond acceptors (Lipinski definition) is 2. The number of hydrogen-bond donors (Lipinski definition) is 1. The van der Waals surface area contributed by atoms with Gasteiger partial charge in [0.25, 0.3) is 0 Å². The van der Waals surface area contributed by atoms with E-state index in [9.17, 15) is 0 Å². The quantitative estimate of drug-likeness (QED) is 0.850. The third-order valence-electron chi connectivity index (χ3n) is 3.84. The molecule has 1 saturated carbocycles. The minimum atomic E-state index is 0.483. The van der Waals surface area contributed by atoms with Gasteiger partial charge in [0, 0.05) is 24.8 Å². The summed E-state index contributed by atoms with van der Waals surface area (Å²) < 4.78 is 1.89. The lowest BCUT2D eigenvalue weighted by Crippen LogP contribution is -2.28. The molecule has 90 valence electrons. The highest BCUT2D eigenvalue weighted by molar-refractivity contribution is 5.12. The van der Waals surface area contributed by atoms with Crippen LogP contribution in [0.4, 0.5) is 0 Å². The van der Waals surface area contributed by atoms with E-state index in [1.54, 1.807) is 0 Å². The molecule has 0 aliphatic heterocycles. The van der Waals surface area contributed by atoms with Crippen LogP contribution in [-0.4, -0.2) is 16.8 Å². The number of nitrogens with zero attached hydrogens (tertiary/aromatic N) is 2. The maximum absolute atomic E-state index is 4.28. The summed E-state index contributed by atoms with van der Waals surface area (Å²) in [6.45, 7) is 2.38. The Morgan fingerprint density at radius 3 is 2.88 bits per heavy atom. The van der Waals surface area contributed by atoms with Crippen LogP contribution in [0.2, 0.25) is 0 Å². The highest BCUT2D eigenvalue weighted by Gasteiger charge is 2.27. The van der Waals surface area contributed by atoms with Crippen molar-refractivity contribution in [3.63, 3.8) is 0 Å². The Kier molecular flexibility index (Phi) is 3.64. The second-order valence-corrected chi connectivity index (χ2v) is 5.25. The van der Waals surface area contributed by atoms with Crippen molar-refractivity contribution < 1.29 is 0 Å². The molecule has 1 aromatic heterocycles. The third-order valence-corrected chi connectivity index (χ3v) is 3.84. The second kappa shape index (κ2) is 5.00. The Balaban J connectivity index is 2.09. The summed E-state index contributed by atoms with van der Waals surface area (Å²) in [6, 6.07) is 0.483. The van der Waals surface area contributed by atoms with E-state index in [2.05, 4.69) is 30.6 Å². The topological polar surface area (TPSA) is 29.9 Å². The molecule has 1 aliphatic rings. The summed E-state index contributed by atoms with van der Waals surface area (Å²) in [7, 11) is 4.05. The predicted molar refractivity (Wildman–Crippen MR) is 66.1 cm³/mol. The van der Waals surface area contributed by atoms with Crippen LogP contribution in [0.15, 0.2) is 12.4 Å². The largest absolute Gasteiger partial charge is 0.313 e. The summed E-state index contributed by atoms with van der Waals surface area (Å²) in [5.74, 6) is 1.66. The van der Waals surface area contributed by atoms with Gasteiger partial charge in [-0.25, -0.2) is 0 Å². The molecular weight excluding hydrogens is 198 g/mol. The van der Waals surface area contributed by atoms with Crippen LogP contribution in [0.25, 0.3) is 0 Å². The van der Waals surface area contributed by atoms with Crippen LogP contribution in [0.1, 0.15) is 44.2 Å². The second-order valence-electron chi connectivity index (χ2n) is 5.25. The van der Waals surface area contributed by atoms with E-state index < -0.39 is 0 Å². The first-order valence-corrected chi connectivity index (χ1v) is 6.36. The van der Waals surface area contributed by atoms with Gasteiger partial charge in [0.2, 0.25) is 0 Å². The molecule has 0 radical (unpaired) electrons. The number of rotatable bonds is 3. The van der Waals surface area contributed by atoms with Gasteiger partial charge in [-0.05, 0) is 31.7 Å². The van der Waals surface area contributed by atoms with E-state index >= 15 is 0 Å². The first-order chi connectivity index (χ1) is 7.70. The van der Waals surface area contributed by atoms with Gasteiger partial charge in [-0.1, -0.05) is 19.8 Å². The van der Waals surface area contributed by atoms with Crippen molar-refractivity contribution in [1.29, 1.82) is 0 Å². The molecule has 0 spiro atoms. The molecule has 1 aliphatic carbocycles. The molecule has 3 nitrogen and oxygen atoms in total. The van der Waals surface area contributed by atoms with Crippen molar-refractivity contribution in [3.05, 3.63) is 18.0 Å². The Morgan fingerprint density at radius 1 is 1.50 bits per heavy atom. The minimum Gasteiger partial charge on any atom is -0.313 e.